The van der Waals surface area contributed by atoms with Gasteiger partial charge < -0.3 is 15.2 Å². The van der Waals surface area contributed by atoms with Crippen LogP contribution in [-0.2, 0) is 4.79 Å². The molecule has 0 atom stereocenters. The van der Waals surface area contributed by atoms with Gasteiger partial charge in [-0.3, -0.25) is 9.79 Å². The first-order valence-electron chi connectivity index (χ1n) is 7.94. The Morgan fingerprint density at radius 1 is 0.960 bits per heavy atom. The van der Waals surface area contributed by atoms with Crippen LogP contribution in [0.3, 0.4) is 0 Å². The number of fused-ring (bicyclic) bond motifs is 1. The summed E-state index contributed by atoms with van der Waals surface area (Å²) < 4.78 is 6.21. The lowest BCUT2D eigenvalue weighted by molar-refractivity contribution is -0.122. The zero-order chi connectivity index (χ0) is 17.5. The van der Waals surface area contributed by atoms with Gasteiger partial charge in [-0.15, -0.1) is 0 Å². The summed E-state index contributed by atoms with van der Waals surface area (Å²) >= 11 is 0. The molecule has 1 aliphatic heterocycles. The normalized spacial score (nSPS) is 12.6. The van der Waals surface area contributed by atoms with E-state index in [1.165, 1.54) is 5.39 Å². The van der Waals surface area contributed by atoms with Crippen LogP contribution in [-0.4, -0.2) is 30.5 Å². The maximum absolute atomic E-state index is 8.36. The van der Waals surface area contributed by atoms with Gasteiger partial charge in [0.1, 0.15) is 17.3 Å². The Hall–Kier alpha value is -3.34. The third-order valence-corrected chi connectivity index (χ3v) is 3.79. The van der Waals surface area contributed by atoms with Crippen molar-refractivity contribution in [2.24, 2.45) is 4.99 Å². The molecule has 0 radical (unpaired) electrons. The van der Waals surface area contributed by atoms with Gasteiger partial charge in [-0.1, -0.05) is 48.5 Å². The molecule has 1 aliphatic rings. The molecule has 0 aliphatic carbocycles. The smallest absolute Gasteiger partial charge is 0.290 e. The lowest BCUT2D eigenvalue weighted by Crippen LogP contribution is -2.19. The molecule has 5 heteroatoms. The van der Waals surface area contributed by atoms with Crippen LogP contribution in [0.25, 0.3) is 10.8 Å². The lowest BCUT2D eigenvalue weighted by atomic mass is 10.1. The highest BCUT2D eigenvalue weighted by atomic mass is 16.5. The second-order valence-corrected chi connectivity index (χ2v) is 5.34. The number of carbonyl (C=O) groups is 1. The van der Waals surface area contributed by atoms with Crippen LogP contribution >= 0.6 is 0 Å². The molecule has 0 unspecified atom stereocenters. The molecule has 0 saturated carbocycles. The van der Waals surface area contributed by atoms with Crippen LogP contribution in [0.4, 0.5) is 0 Å². The molecule has 0 bridgehead atoms. The Balaban J connectivity index is 0.000000569. The minimum atomic E-state index is -0.250. The van der Waals surface area contributed by atoms with E-state index in [2.05, 4.69) is 28.5 Å². The highest BCUT2D eigenvalue weighted by Gasteiger charge is 2.14. The number of para-hydroxylation sites is 1. The fraction of sp³-hybridized carbons (Fsp3) is 0.100. The van der Waals surface area contributed by atoms with Crippen molar-refractivity contribution in [1.29, 1.82) is 0 Å². The van der Waals surface area contributed by atoms with Crippen LogP contribution in [0, 0.1) is 0 Å². The molecule has 0 fully saturated rings. The monoisotopic (exact) mass is 334 g/mol. The molecule has 5 nitrogen and oxygen atoms in total. The Morgan fingerprint density at radius 3 is 2.44 bits per heavy atom. The molecular weight excluding hydrogens is 316 g/mol. The summed E-state index contributed by atoms with van der Waals surface area (Å²) in [6.07, 6.45) is 0. The molecule has 0 spiro atoms. The Kier molecular flexibility index (Phi) is 5.26. The third-order valence-electron chi connectivity index (χ3n) is 3.79. The maximum Gasteiger partial charge on any atom is 0.290 e. The van der Waals surface area contributed by atoms with Crippen LogP contribution in [0.1, 0.15) is 5.56 Å². The highest BCUT2D eigenvalue weighted by molar-refractivity contribution is 6.02. The van der Waals surface area contributed by atoms with Crippen molar-refractivity contribution >= 4 is 23.1 Å². The molecule has 3 aromatic rings. The number of nitrogens with zero attached hydrogens (tertiary/aromatic N) is 1. The number of ether oxygens (including phenoxy) is 1. The van der Waals surface area contributed by atoms with Crippen molar-refractivity contribution in [3.8, 4) is 11.5 Å². The summed E-state index contributed by atoms with van der Waals surface area (Å²) in [5, 5.41) is 12.5. The van der Waals surface area contributed by atoms with E-state index >= 15 is 0 Å². The minimum absolute atomic E-state index is 0.250. The summed E-state index contributed by atoms with van der Waals surface area (Å²) in [5.41, 5.74) is 1.01. The van der Waals surface area contributed by atoms with Gasteiger partial charge in [0.15, 0.2) is 0 Å². The lowest BCUT2D eigenvalue weighted by Gasteiger charge is -2.13. The van der Waals surface area contributed by atoms with Gasteiger partial charge >= 0.3 is 0 Å². The number of rotatable bonds is 3. The van der Waals surface area contributed by atoms with E-state index in [1.807, 2.05) is 48.5 Å². The summed E-state index contributed by atoms with van der Waals surface area (Å²) in [6, 6.07) is 22.4. The zero-order valence-corrected chi connectivity index (χ0v) is 13.6. The molecule has 1 heterocycles. The van der Waals surface area contributed by atoms with E-state index in [9.17, 15) is 0 Å². The first-order chi connectivity index (χ1) is 12.3. The Labute approximate surface area is 145 Å². The van der Waals surface area contributed by atoms with E-state index in [1.54, 1.807) is 0 Å². The Morgan fingerprint density at radius 2 is 1.64 bits per heavy atom. The van der Waals surface area contributed by atoms with Crippen LogP contribution in [0.5, 0.6) is 11.5 Å². The van der Waals surface area contributed by atoms with Gasteiger partial charge in [-0.2, -0.15) is 0 Å². The van der Waals surface area contributed by atoms with Gasteiger partial charge in [-0.25, -0.2) is 0 Å². The zero-order valence-electron chi connectivity index (χ0n) is 13.6. The average Bonchev–Trinajstić information content (AvgIpc) is 3.18. The quantitative estimate of drug-likeness (QED) is 0.717. The predicted octanol–water partition coefficient (Wildman–Crippen LogP) is 3.68. The molecular formula is C20H18N2O3. The molecule has 0 aromatic heterocycles. The van der Waals surface area contributed by atoms with Crippen molar-refractivity contribution in [3.63, 3.8) is 0 Å². The summed E-state index contributed by atoms with van der Waals surface area (Å²) in [4.78, 5) is 12.9. The molecule has 0 amide bonds. The molecule has 2 N–H and O–H groups in total. The highest BCUT2D eigenvalue weighted by Crippen LogP contribution is 2.31. The standard InChI is InChI=1S/C19H16N2O.CH2O2/c1-2-8-15-14(6-1)7-5-11-17(15)22-18-10-4-3-9-16(18)19-20-12-13-21-19;2-1-3/h1-11H,12-13H2,(H,20,21);1H,(H,2,3). The van der Waals surface area contributed by atoms with E-state index in [4.69, 9.17) is 14.6 Å². The van der Waals surface area contributed by atoms with Crippen molar-refractivity contribution in [1.82, 2.24) is 5.32 Å². The first-order valence-corrected chi connectivity index (χ1v) is 7.94. The summed E-state index contributed by atoms with van der Waals surface area (Å²) in [6.45, 7) is 1.45. The second-order valence-electron chi connectivity index (χ2n) is 5.34. The van der Waals surface area contributed by atoms with Crippen molar-refractivity contribution in [3.05, 3.63) is 72.3 Å². The van der Waals surface area contributed by atoms with Gasteiger partial charge in [0.05, 0.1) is 12.1 Å². The Bertz CT molecular complexity index is 901. The second kappa shape index (κ2) is 7.97. The molecule has 25 heavy (non-hydrogen) atoms. The van der Waals surface area contributed by atoms with Crippen LogP contribution < -0.4 is 10.1 Å². The van der Waals surface area contributed by atoms with Gasteiger partial charge in [0, 0.05) is 11.9 Å². The maximum atomic E-state index is 8.36. The van der Waals surface area contributed by atoms with Gasteiger partial charge in [0.25, 0.3) is 6.47 Å². The SMILES string of the molecule is O=CO.c1ccc(C2=NCCN2)c(Oc2cccc3ccccc23)c1. The predicted molar refractivity (Wildman–Crippen MR) is 98.6 cm³/mol. The van der Waals surface area contributed by atoms with E-state index in [0.717, 1.165) is 41.4 Å². The summed E-state index contributed by atoms with van der Waals surface area (Å²) in [7, 11) is 0. The number of amidine groups is 1. The van der Waals surface area contributed by atoms with Gasteiger partial charge in [0.2, 0.25) is 0 Å². The fourth-order valence-corrected chi connectivity index (χ4v) is 2.73. The van der Waals surface area contributed by atoms with Crippen molar-refractivity contribution < 1.29 is 14.6 Å². The number of nitrogens with one attached hydrogen (secondary N) is 1. The topological polar surface area (TPSA) is 70.9 Å². The number of benzene rings is 3. The van der Waals surface area contributed by atoms with E-state index in [-0.39, 0.29) is 6.47 Å². The van der Waals surface area contributed by atoms with Crippen LogP contribution in [0.15, 0.2) is 71.7 Å². The average molecular weight is 334 g/mol. The molecule has 3 aromatic carbocycles. The van der Waals surface area contributed by atoms with Crippen molar-refractivity contribution in [2.45, 2.75) is 0 Å². The number of hydrogen-bond acceptors (Lipinski definition) is 4. The third kappa shape index (κ3) is 3.77. The first kappa shape index (κ1) is 16.5. The largest absolute Gasteiger partial charge is 0.483 e. The van der Waals surface area contributed by atoms with Crippen molar-refractivity contribution in [2.75, 3.05) is 13.1 Å². The number of aliphatic imine (C=N–C) groups is 1. The van der Waals surface area contributed by atoms with E-state index in [0.29, 0.717) is 0 Å². The number of hydrogen-bond donors (Lipinski definition) is 2. The molecule has 0 saturated heterocycles. The molecule has 4 rings (SSSR count). The fourth-order valence-electron chi connectivity index (χ4n) is 2.73. The number of carboxylic acid groups (broad SMARTS) is 1. The van der Waals surface area contributed by atoms with Gasteiger partial charge in [-0.05, 0) is 23.6 Å². The minimum Gasteiger partial charge on any atom is -0.483 e. The van der Waals surface area contributed by atoms with Crippen LogP contribution in [0.2, 0.25) is 0 Å². The summed E-state index contributed by atoms with van der Waals surface area (Å²) in [5.74, 6) is 2.60. The molecule has 126 valence electrons. The van der Waals surface area contributed by atoms with E-state index < -0.39 is 0 Å².